The van der Waals surface area contributed by atoms with Gasteiger partial charge in [0, 0.05) is 12.8 Å². The number of ether oxygens (including phenoxy) is 1. The molecule has 0 bridgehead atoms. The first-order valence-electron chi connectivity index (χ1n) is 25.1. The first-order valence-corrected chi connectivity index (χ1v) is 25.1. The summed E-state index contributed by atoms with van der Waals surface area (Å²) >= 11 is 0. The van der Waals surface area contributed by atoms with E-state index in [1.807, 2.05) is 6.08 Å². The van der Waals surface area contributed by atoms with Crippen LogP contribution in [-0.2, 0) is 14.3 Å². The highest BCUT2D eigenvalue weighted by Gasteiger charge is 2.18. The van der Waals surface area contributed by atoms with E-state index in [0.29, 0.717) is 19.4 Å². The molecule has 0 heterocycles. The van der Waals surface area contributed by atoms with E-state index in [2.05, 4.69) is 31.3 Å². The maximum Gasteiger partial charge on any atom is 0.305 e. The van der Waals surface area contributed by atoms with E-state index in [0.717, 1.165) is 70.6 Å². The van der Waals surface area contributed by atoms with Crippen LogP contribution in [0.4, 0.5) is 0 Å². The Morgan fingerprint density at radius 2 is 0.825 bits per heavy atom. The Kier molecular flexibility index (Phi) is 45.7. The van der Waals surface area contributed by atoms with Crippen LogP contribution in [0.1, 0.15) is 264 Å². The number of allylic oxidation sites excluding steroid dienone is 3. The molecule has 2 unspecified atom stereocenters. The SMILES string of the molecule is CCCCCCCCCCC/C=C/C(O)C(CO)NC(=O)CCCCC/C=C\CCCCCCCCOC(=O)CCCCCCCCCCCCCCCCCC. The molecule has 0 aromatic carbocycles. The van der Waals surface area contributed by atoms with Crippen LogP contribution in [0, 0.1) is 0 Å². The van der Waals surface area contributed by atoms with Crippen LogP contribution in [-0.4, -0.2) is 47.4 Å². The van der Waals surface area contributed by atoms with Gasteiger partial charge in [0.2, 0.25) is 5.91 Å². The molecule has 6 heteroatoms. The highest BCUT2D eigenvalue weighted by Crippen LogP contribution is 2.15. The van der Waals surface area contributed by atoms with Crippen LogP contribution in [0.25, 0.3) is 0 Å². The van der Waals surface area contributed by atoms with E-state index < -0.39 is 12.1 Å². The first-order chi connectivity index (χ1) is 28.0. The average molecular weight is 804 g/mol. The van der Waals surface area contributed by atoms with E-state index in [4.69, 9.17) is 4.74 Å². The number of amides is 1. The van der Waals surface area contributed by atoms with E-state index in [1.165, 1.54) is 167 Å². The molecule has 0 radical (unpaired) electrons. The molecule has 0 aliphatic rings. The Hall–Kier alpha value is -1.66. The van der Waals surface area contributed by atoms with Crippen molar-refractivity contribution in [2.75, 3.05) is 13.2 Å². The number of hydrogen-bond donors (Lipinski definition) is 3. The fraction of sp³-hybridized carbons (Fsp3) is 0.882. The van der Waals surface area contributed by atoms with Crippen molar-refractivity contribution in [3.8, 4) is 0 Å². The quantitative estimate of drug-likeness (QED) is 0.0324. The van der Waals surface area contributed by atoms with Gasteiger partial charge in [-0.1, -0.05) is 218 Å². The Balaban J connectivity index is 3.49. The largest absolute Gasteiger partial charge is 0.466 e. The third kappa shape index (κ3) is 43.7. The third-order valence-corrected chi connectivity index (χ3v) is 11.5. The number of aliphatic hydroxyl groups is 2. The van der Waals surface area contributed by atoms with Gasteiger partial charge in [-0.25, -0.2) is 0 Å². The Bertz CT molecular complexity index is 889. The van der Waals surface area contributed by atoms with Gasteiger partial charge in [0.1, 0.15) is 0 Å². The lowest BCUT2D eigenvalue weighted by Crippen LogP contribution is -2.45. The van der Waals surface area contributed by atoms with Crippen molar-refractivity contribution in [3.05, 3.63) is 24.3 Å². The van der Waals surface area contributed by atoms with Gasteiger partial charge in [-0.3, -0.25) is 9.59 Å². The van der Waals surface area contributed by atoms with Gasteiger partial charge in [0.15, 0.2) is 0 Å². The zero-order valence-corrected chi connectivity index (χ0v) is 38.1. The van der Waals surface area contributed by atoms with Gasteiger partial charge in [0.05, 0.1) is 25.4 Å². The first kappa shape index (κ1) is 55.3. The Labute approximate surface area is 354 Å². The van der Waals surface area contributed by atoms with Crippen molar-refractivity contribution < 1.29 is 24.5 Å². The molecule has 0 rings (SSSR count). The van der Waals surface area contributed by atoms with Crippen LogP contribution < -0.4 is 5.32 Å². The van der Waals surface area contributed by atoms with Gasteiger partial charge >= 0.3 is 5.97 Å². The van der Waals surface area contributed by atoms with E-state index in [1.54, 1.807) is 6.08 Å². The molecule has 57 heavy (non-hydrogen) atoms. The summed E-state index contributed by atoms with van der Waals surface area (Å²) in [6.07, 6.45) is 54.6. The summed E-state index contributed by atoms with van der Waals surface area (Å²) < 4.78 is 5.46. The summed E-state index contributed by atoms with van der Waals surface area (Å²) in [4.78, 5) is 24.4. The lowest BCUT2D eigenvalue weighted by atomic mass is 10.0. The number of carbonyl (C=O) groups excluding carboxylic acids is 2. The number of rotatable bonds is 46. The van der Waals surface area contributed by atoms with Crippen molar-refractivity contribution in [1.82, 2.24) is 5.32 Å². The van der Waals surface area contributed by atoms with Crippen molar-refractivity contribution >= 4 is 11.9 Å². The minimum absolute atomic E-state index is 0.0113. The van der Waals surface area contributed by atoms with Crippen molar-refractivity contribution in [2.45, 2.75) is 276 Å². The minimum Gasteiger partial charge on any atom is -0.466 e. The van der Waals surface area contributed by atoms with Gasteiger partial charge in [-0.15, -0.1) is 0 Å². The van der Waals surface area contributed by atoms with Crippen LogP contribution in [0.15, 0.2) is 24.3 Å². The number of aliphatic hydroxyl groups excluding tert-OH is 2. The predicted octanol–water partition coefficient (Wildman–Crippen LogP) is 14.7. The van der Waals surface area contributed by atoms with Gasteiger partial charge in [-0.05, 0) is 57.8 Å². The molecule has 3 N–H and O–H groups in total. The molecule has 0 fully saturated rings. The maximum atomic E-state index is 12.4. The number of unbranched alkanes of at least 4 members (excludes halogenated alkanes) is 33. The minimum atomic E-state index is -0.859. The summed E-state index contributed by atoms with van der Waals surface area (Å²) in [6.45, 7) is 4.85. The summed E-state index contributed by atoms with van der Waals surface area (Å²) in [5.41, 5.74) is 0. The van der Waals surface area contributed by atoms with Crippen molar-refractivity contribution in [3.63, 3.8) is 0 Å². The smallest absolute Gasteiger partial charge is 0.305 e. The molecule has 0 saturated carbocycles. The highest BCUT2D eigenvalue weighted by molar-refractivity contribution is 5.76. The molecule has 0 aromatic heterocycles. The van der Waals surface area contributed by atoms with Crippen LogP contribution in [0.3, 0.4) is 0 Å². The second-order valence-electron chi connectivity index (χ2n) is 17.1. The molecular formula is C51H97NO5. The van der Waals surface area contributed by atoms with Crippen LogP contribution in [0.5, 0.6) is 0 Å². The average Bonchev–Trinajstić information content (AvgIpc) is 3.21. The second kappa shape index (κ2) is 47.0. The predicted molar refractivity (Wildman–Crippen MR) is 246 cm³/mol. The monoisotopic (exact) mass is 804 g/mol. The number of nitrogens with one attached hydrogen (secondary N) is 1. The van der Waals surface area contributed by atoms with Gasteiger partial charge in [-0.2, -0.15) is 0 Å². The molecule has 1 amide bonds. The molecule has 0 aliphatic carbocycles. The van der Waals surface area contributed by atoms with Crippen LogP contribution in [0.2, 0.25) is 0 Å². The Morgan fingerprint density at radius 1 is 0.474 bits per heavy atom. The summed E-state index contributed by atoms with van der Waals surface area (Å²) in [6, 6.07) is -0.646. The highest BCUT2D eigenvalue weighted by atomic mass is 16.5. The summed E-state index contributed by atoms with van der Waals surface area (Å²) in [5.74, 6) is -0.111. The topological polar surface area (TPSA) is 95.9 Å². The van der Waals surface area contributed by atoms with Crippen molar-refractivity contribution in [2.24, 2.45) is 0 Å². The van der Waals surface area contributed by atoms with Crippen LogP contribution >= 0.6 is 0 Å². The molecule has 0 saturated heterocycles. The number of esters is 1. The lowest BCUT2D eigenvalue weighted by molar-refractivity contribution is -0.143. The zero-order valence-electron chi connectivity index (χ0n) is 38.1. The summed E-state index contributed by atoms with van der Waals surface area (Å²) in [5, 5.41) is 22.9. The summed E-state index contributed by atoms with van der Waals surface area (Å²) in [7, 11) is 0. The molecule has 0 aliphatic heterocycles. The van der Waals surface area contributed by atoms with E-state index >= 15 is 0 Å². The van der Waals surface area contributed by atoms with Crippen molar-refractivity contribution in [1.29, 1.82) is 0 Å². The zero-order chi connectivity index (χ0) is 41.5. The molecule has 2 atom stereocenters. The fourth-order valence-electron chi connectivity index (χ4n) is 7.57. The molecule has 6 nitrogen and oxygen atoms in total. The lowest BCUT2D eigenvalue weighted by Gasteiger charge is -2.19. The standard InChI is InChI=1S/C51H97NO5/c1-3-5-7-9-11-13-15-16-17-18-21-25-29-33-37-41-45-51(56)57-46-42-38-34-30-26-22-19-20-24-28-32-36-40-44-50(55)52-48(47-53)49(54)43-39-35-31-27-23-14-12-10-8-6-4-2/h20,24,39,43,48-49,53-54H,3-19,21-23,25-38,40-42,44-47H2,1-2H3,(H,52,55)/b24-20-,43-39+. The molecular weight excluding hydrogens is 707 g/mol. The van der Waals surface area contributed by atoms with E-state index in [9.17, 15) is 19.8 Å². The number of hydrogen-bond acceptors (Lipinski definition) is 5. The maximum absolute atomic E-state index is 12.4. The number of carbonyl (C=O) groups is 2. The third-order valence-electron chi connectivity index (χ3n) is 11.5. The molecule has 336 valence electrons. The second-order valence-corrected chi connectivity index (χ2v) is 17.1. The van der Waals surface area contributed by atoms with Gasteiger partial charge in [0.25, 0.3) is 0 Å². The molecule has 0 aromatic rings. The normalized spacial score (nSPS) is 12.8. The molecule has 0 spiro atoms. The van der Waals surface area contributed by atoms with Gasteiger partial charge < -0.3 is 20.3 Å². The Morgan fingerprint density at radius 3 is 1.26 bits per heavy atom. The fourth-order valence-corrected chi connectivity index (χ4v) is 7.57. The van der Waals surface area contributed by atoms with E-state index in [-0.39, 0.29) is 18.5 Å².